The number of nitrogens with one attached hydrogen (secondary N) is 1. The predicted molar refractivity (Wildman–Crippen MR) is 118 cm³/mol. The van der Waals surface area contributed by atoms with Crippen LogP contribution in [0.15, 0.2) is 47.5 Å². The third kappa shape index (κ3) is 5.17. The van der Waals surface area contributed by atoms with Gasteiger partial charge in [-0.3, -0.25) is 14.4 Å². The van der Waals surface area contributed by atoms with Crippen molar-refractivity contribution in [1.29, 1.82) is 0 Å². The maximum atomic E-state index is 13.2. The number of amides is 2. The number of hydrogen-bond donors (Lipinski definition) is 1. The quantitative estimate of drug-likeness (QED) is 0.794. The minimum Gasteiger partial charge on any atom is -0.350 e. The fourth-order valence-corrected chi connectivity index (χ4v) is 3.99. The Kier molecular flexibility index (Phi) is 7.08. The molecule has 0 bridgehead atoms. The lowest BCUT2D eigenvalue weighted by Gasteiger charge is -2.31. The lowest BCUT2D eigenvalue weighted by atomic mass is 9.94. The molecule has 0 spiro atoms. The SMILES string of the molecule is CC(C)NC(=O)c1cn(Cc2ccccc2)cc(C(=O)N(C)C2CCCCC2)c1=O. The van der Waals surface area contributed by atoms with E-state index in [1.54, 1.807) is 28.9 Å². The number of benzene rings is 1. The molecule has 1 aliphatic carbocycles. The largest absolute Gasteiger partial charge is 0.350 e. The van der Waals surface area contributed by atoms with Gasteiger partial charge in [-0.05, 0) is 32.3 Å². The Morgan fingerprint density at radius 2 is 1.70 bits per heavy atom. The number of aromatic nitrogens is 1. The van der Waals surface area contributed by atoms with Crippen molar-refractivity contribution in [2.45, 2.75) is 64.6 Å². The van der Waals surface area contributed by atoms with E-state index in [0.29, 0.717) is 6.54 Å². The van der Waals surface area contributed by atoms with Crippen molar-refractivity contribution in [2.24, 2.45) is 0 Å². The number of pyridine rings is 1. The Bertz CT molecular complexity index is 944. The molecule has 1 aromatic heterocycles. The van der Waals surface area contributed by atoms with Crippen molar-refractivity contribution in [3.63, 3.8) is 0 Å². The maximum Gasteiger partial charge on any atom is 0.259 e. The smallest absolute Gasteiger partial charge is 0.259 e. The Hall–Kier alpha value is -2.89. The number of carbonyl (C=O) groups excluding carboxylic acids is 2. The van der Waals surface area contributed by atoms with Crippen molar-refractivity contribution in [3.8, 4) is 0 Å². The summed E-state index contributed by atoms with van der Waals surface area (Å²) in [5.41, 5.74) is 0.568. The van der Waals surface area contributed by atoms with E-state index in [2.05, 4.69) is 5.32 Å². The molecule has 1 heterocycles. The second-order valence-electron chi connectivity index (χ2n) is 8.41. The molecule has 160 valence electrons. The highest BCUT2D eigenvalue weighted by Crippen LogP contribution is 2.22. The summed E-state index contributed by atoms with van der Waals surface area (Å²) in [6.07, 6.45) is 8.41. The van der Waals surface area contributed by atoms with Crippen molar-refractivity contribution in [2.75, 3.05) is 7.05 Å². The van der Waals surface area contributed by atoms with Crippen LogP contribution in [-0.2, 0) is 6.54 Å². The second-order valence-corrected chi connectivity index (χ2v) is 8.41. The molecule has 0 unspecified atom stereocenters. The van der Waals surface area contributed by atoms with E-state index in [0.717, 1.165) is 31.2 Å². The van der Waals surface area contributed by atoms with Gasteiger partial charge in [-0.2, -0.15) is 0 Å². The summed E-state index contributed by atoms with van der Waals surface area (Å²) in [6.45, 7) is 4.15. The Morgan fingerprint density at radius 1 is 1.07 bits per heavy atom. The van der Waals surface area contributed by atoms with Gasteiger partial charge in [-0.1, -0.05) is 49.6 Å². The average molecular weight is 410 g/mol. The fraction of sp³-hybridized carbons (Fsp3) is 0.458. The molecular weight excluding hydrogens is 378 g/mol. The van der Waals surface area contributed by atoms with Crippen molar-refractivity contribution < 1.29 is 9.59 Å². The van der Waals surface area contributed by atoms with Gasteiger partial charge in [0.25, 0.3) is 11.8 Å². The van der Waals surface area contributed by atoms with Crippen molar-refractivity contribution in [1.82, 2.24) is 14.8 Å². The van der Waals surface area contributed by atoms with E-state index >= 15 is 0 Å². The van der Waals surface area contributed by atoms with Crippen molar-refractivity contribution in [3.05, 3.63) is 69.6 Å². The van der Waals surface area contributed by atoms with Crippen LogP contribution in [0.2, 0.25) is 0 Å². The minimum atomic E-state index is -0.509. The van der Waals surface area contributed by atoms with E-state index in [1.165, 1.54) is 6.42 Å². The first-order valence-corrected chi connectivity index (χ1v) is 10.7. The zero-order valence-corrected chi connectivity index (χ0v) is 18.1. The van der Waals surface area contributed by atoms with Crippen LogP contribution in [0.5, 0.6) is 0 Å². The van der Waals surface area contributed by atoms with Crippen LogP contribution in [0.1, 0.15) is 72.2 Å². The monoisotopic (exact) mass is 409 g/mol. The second kappa shape index (κ2) is 9.74. The molecule has 0 radical (unpaired) electrons. The Labute approximate surface area is 177 Å². The van der Waals surface area contributed by atoms with Crippen LogP contribution < -0.4 is 10.7 Å². The summed E-state index contributed by atoms with van der Waals surface area (Å²) in [7, 11) is 1.76. The lowest BCUT2D eigenvalue weighted by Crippen LogP contribution is -2.42. The van der Waals surface area contributed by atoms with Gasteiger partial charge in [0, 0.05) is 38.1 Å². The molecule has 0 saturated heterocycles. The van der Waals surface area contributed by atoms with E-state index in [-0.39, 0.29) is 29.1 Å². The molecule has 0 aliphatic heterocycles. The van der Waals surface area contributed by atoms with Gasteiger partial charge in [0.1, 0.15) is 11.1 Å². The van der Waals surface area contributed by atoms with Crippen LogP contribution in [0.3, 0.4) is 0 Å². The van der Waals surface area contributed by atoms with Gasteiger partial charge in [0.05, 0.1) is 0 Å². The van der Waals surface area contributed by atoms with E-state index in [9.17, 15) is 14.4 Å². The molecule has 1 aliphatic rings. The number of nitrogens with zero attached hydrogens (tertiary/aromatic N) is 2. The third-order valence-electron chi connectivity index (χ3n) is 5.62. The third-order valence-corrected chi connectivity index (χ3v) is 5.62. The average Bonchev–Trinajstić information content (AvgIpc) is 2.74. The predicted octanol–water partition coefficient (Wildman–Crippen LogP) is 3.44. The van der Waals surface area contributed by atoms with E-state index < -0.39 is 11.3 Å². The normalized spacial score (nSPS) is 14.5. The van der Waals surface area contributed by atoms with E-state index in [4.69, 9.17) is 0 Å². The summed E-state index contributed by atoms with van der Waals surface area (Å²) in [5, 5.41) is 2.77. The summed E-state index contributed by atoms with van der Waals surface area (Å²) >= 11 is 0. The van der Waals surface area contributed by atoms with Gasteiger partial charge >= 0.3 is 0 Å². The van der Waals surface area contributed by atoms with Crippen LogP contribution in [0.25, 0.3) is 0 Å². The van der Waals surface area contributed by atoms with Crippen LogP contribution >= 0.6 is 0 Å². The van der Waals surface area contributed by atoms with Gasteiger partial charge in [-0.25, -0.2) is 0 Å². The Balaban J connectivity index is 1.99. The molecule has 3 rings (SSSR count). The van der Waals surface area contributed by atoms with Crippen LogP contribution in [0, 0.1) is 0 Å². The van der Waals surface area contributed by atoms with Gasteiger partial charge < -0.3 is 14.8 Å². The molecule has 1 fully saturated rings. The molecule has 2 aromatic rings. The van der Waals surface area contributed by atoms with Crippen molar-refractivity contribution >= 4 is 11.8 Å². The van der Waals surface area contributed by atoms with Gasteiger partial charge in [-0.15, -0.1) is 0 Å². The van der Waals surface area contributed by atoms with Crippen LogP contribution in [0.4, 0.5) is 0 Å². The summed E-state index contributed by atoms with van der Waals surface area (Å²) in [4.78, 5) is 40.7. The number of hydrogen-bond acceptors (Lipinski definition) is 3. The number of carbonyl (C=O) groups is 2. The highest BCUT2D eigenvalue weighted by molar-refractivity contribution is 5.99. The molecule has 2 amide bonds. The lowest BCUT2D eigenvalue weighted by molar-refractivity contribution is 0.0694. The molecule has 1 aromatic carbocycles. The number of rotatable bonds is 6. The maximum absolute atomic E-state index is 13.2. The minimum absolute atomic E-state index is 0.00234. The molecule has 6 nitrogen and oxygen atoms in total. The standard InChI is InChI=1S/C24H31N3O3/c1-17(2)25-23(29)20-15-27(14-18-10-6-4-7-11-18)16-21(22(20)28)24(30)26(3)19-12-8-5-9-13-19/h4,6-7,10-11,15-17,19H,5,8-9,12-14H2,1-3H3,(H,25,29). The fourth-order valence-electron chi connectivity index (χ4n) is 3.99. The Morgan fingerprint density at radius 3 is 2.33 bits per heavy atom. The summed E-state index contributed by atoms with van der Waals surface area (Å²) in [6, 6.07) is 9.79. The first kappa shape index (κ1) is 21.8. The molecule has 30 heavy (non-hydrogen) atoms. The topological polar surface area (TPSA) is 71.4 Å². The molecule has 1 saturated carbocycles. The summed E-state index contributed by atoms with van der Waals surface area (Å²) < 4.78 is 1.76. The first-order chi connectivity index (χ1) is 14.4. The first-order valence-electron chi connectivity index (χ1n) is 10.7. The molecule has 6 heteroatoms. The zero-order valence-electron chi connectivity index (χ0n) is 18.1. The zero-order chi connectivity index (χ0) is 21.7. The summed E-state index contributed by atoms with van der Waals surface area (Å²) in [5.74, 6) is -0.764. The van der Waals surface area contributed by atoms with Gasteiger partial charge in [0.2, 0.25) is 5.43 Å². The highest BCUT2D eigenvalue weighted by Gasteiger charge is 2.27. The van der Waals surface area contributed by atoms with E-state index in [1.807, 2.05) is 44.2 Å². The highest BCUT2D eigenvalue weighted by atomic mass is 16.2. The van der Waals surface area contributed by atoms with Gasteiger partial charge in [0.15, 0.2) is 0 Å². The molecule has 1 N–H and O–H groups in total. The van der Waals surface area contributed by atoms with Crippen LogP contribution in [-0.4, -0.2) is 40.4 Å². The molecule has 0 atom stereocenters. The molecular formula is C24H31N3O3.